The maximum Gasteiger partial charge on any atom is 0.277 e. The normalized spacial score (nSPS) is 10.8. The van der Waals surface area contributed by atoms with Crippen molar-refractivity contribution in [2.45, 2.75) is 0 Å². The maximum absolute atomic E-state index is 11.7. The number of halogens is 3. The summed E-state index contributed by atoms with van der Waals surface area (Å²) >= 11 is 9.83. The molecule has 122 valence electrons. The van der Waals surface area contributed by atoms with Crippen molar-refractivity contribution in [1.82, 2.24) is 5.43 Å². The van der Waals surface area contributed by atoms with E-state index < -0.39 is 5.91 Å². The van der Waals surface area contributed by atoms with E-state index in [1.807, 2.05) is 0 Å². The lowest BCUT2D eigenvalue weighted by atomic mass is 10.3. The Labute approximate surface area is 157 Å². The first-order valence-corrected chi connectivity index (χ1v) is 8.60. The number of furan rings is 1. The van der Waals surface area contributed by atoms with Crippen LogP contribution in [0.5, 0.6) is 11.5 Å². The van der Waals surface area contributed by atoms with Crippen molar-refractivity contribution in [3.05, 3.63) is 43.6 Å². The minimum absolute atomic E-state index is 0.173. The van der Waals surface area contributed by atoms with Gasteiger partial charge < -0.3 is 13.9 Å². The maximum atomic E-state index is 11.7. The Bertz CT molecular complexity index is 711. The SMILES string of the molecule is COc1ccc(OCC(=O)N/N=C/c2cc(Br)c(Br)o2)c(Br)c1. The standard InChI is InChI=1S/C14H11Br3N2O4/c1-21-8-2-3-12(10(15)4-8)22-7-13(20)19-18-6-9-5-11(16)14(17)23-9/h2-6H,7H2,1H3,(H,19,20)/b18-6+. The molecule has 0 aliphatic carbocycles. The largest absolute Gasteiger partial charge is 0.497 e. The Morgan fingerprint density at radius 1 is 1.30 bits per heavy atom. The van der Waals surface area contributed by atoms with Gasteiger partial charge in [-0.25, -0.2) is 5.43 Å². The molecule has 1 amide bonds. The van der Waals surface area contributed by atoms with Gasteiger partial charge >= 0.3 is 0 Å². The molecule has 0 saturated carbocycles. The lowest BCUT2D eigenvalue weighted by Gasteiger charge is -2.08. The molecule has 0 atom stereocenters. The molecule has 6 nitrogen and oxygen atoms in total. The van der Waals surface area contributed by atoms with E-state index in [9.17, 15) is 4.79 Å². The lowest BCUT2D eigenvalue weighted by Crippen LogP contribution is -2.24. The van der Waals surface area contributed by atoms with Gasteiger partial charge in [-0.2, -0.15) is 5.10 Å². The van der Waals surface area contributed by atoms with Crippen LogP contribution in [-0.4, -0.2) is 25.8 Å². The van der Waals surface area contributed by atoms with E-state index >= 15 is 0 Å². The van der Waals surface area contributed by atoms with Crippen LogP contribution < -0.4 is 14.9 Å². The molecule has 0 radical (unpaired) electrons. The van der Waals surface area contributed by atoms with E-state index in [0.717, 1.165) is 4.47 Å². The average molecular weight is 511 g/mol. The predicted molar refractivity (Wildman–Crippen MR) is 96.0 cm³/mol. The number of amides is 1. The third-order valence-electron chi connectivity index (χ3n) is 2.54. The summed E-state index contributed by atoms with van der Waals surface area (Å²) in [6, 6.07) is 6.91. The molecule has 1 N–H and O–H groups in total. The zero-order valence-corrected chi connectivity index (χ0v) is 16.6. The molecule has 1 aromatic carbocycles. The third kappa shape index (κ3) is 5.36. The summed E-state index contributed by atoms with van der Waals surface area (Å²) in [7, 11) is 1.57. The van der Waals surface area contributed by atoms with Crippen molar-refractivity contribution in [3.8, 4) is 11.5 Å². The summed E-state index contributed by atoms with van der Waals surface area (Å²) < 4.78 is 17.8. The Morgan fingerprint density at radius 3 is 2.70 bits per heavy atom. The number of hydrogen-bond acceptors (Lipinski definition) is 5. The van der Waals surface area contributed by atoms with Gasteiger partial charge in [-0.15, -0.1) is 0 Å². The number of hydrogen-bond donors (Lipinski definition) is 1. The molecule has 1 aromatic heterocycles. The fraction of sp³-hybridized carbons (Fsp3) is 0.143. The number of carbonyl (C=O) groups excluding carboxylic acids is 1. The second kappa shape index (κ2) is 8.51. The fourth-order valence-corrected chi connectivity index (χ4v) is 2.58. The Hall–Kier alpha value is -1.32. The van der Waals surface area contributed by atoms with Crippen molar-refractivity contribution in [2.24, 2.45) is 5.10 Å². The molecular formula is C14H11Br3N2O4. The Balaban J connectivity index is 1.83. The van der Waals surface area contributed by atoms with E-state index in [1.54, 1.807) is 31.4 Å². The molecular weight excluding hydrogens is 500 g/mol. The summed E-state index contributed by atoms with van der Waals surface area (Å²) in [5.74, 6) is 1.31. The molecule has 9 heteroatoms. The molecule has 23 heavy (non-hydrogen) atoms. The number of hydrazone groups is 1. The van der Waals surface area contributed by atoms with Crippen LogP contribution in [0.25, 0.3) is 0 Å². The fourth-order valence-electron chi connectivity index (χ4n) is 1.50. The van der Waals surface area contributed by atoms with E-state index in [1.165, 1.54) is 6.21 Å². The lowest BCUT2D eigenvalue weighted by molar-refractivity contribution is -0.123. The smallest absolute Gasteiger partial charge is 0.277 e. The molecule has 0 saturated heterocycles. The summed E-state index contributed by atoms with van der Waals surface area (Å²) in [6.45, 7) is -0.173. The number of ether oxygens (including phenoxy) is 2. The number of rotatable bonds is 6. The molecule has 0 spiro atoms. The van der Waals surface area contributed by atoms with Crippen molar-refractivity contribution < 1.29 is 18.7 Å². The summed E-state index contributed by atoms with van der Waals surface area (Å²) in [6.07, 6.45) is 1.39. The third-order valence-corrected chi connectivity index (χ3v) is 4.87. The molecule has 1 heterocycles. The highest BCUT2D eigenvalue weighted by Gasteiger charge is 2.07. The quantitative estimate of drug-likeness (QED) is 0.469. The highest BCUT2D eigenvalue weighted by atomic mass is 79.9. The second-order valence-corrected chi connectivity index (χ2v) is 6.58. The molecule has 0 bridgehead atoms. The second-order valence-electron chi connectivity index (χ2n) is 4.15. The van der Waals surface area contributed by atoms with Crippen LogP contribution in [0.2, 0.25) is 0 Å². The first-order valence-electron chi connectivity index (χ1n) is 6.22. The highest BCUT2D eigenvalue weighted by molar-refractivity contribution is 9.13. The van der Waals surface area contributed by atoms with Gasteiger partial charge in [0, 0.05) is 6.07 Å². The van der Waals surface area contributed by atoms with Gasteiger partial charge in [0.15, 0.2) is 11.3 Å². The minimum Gasteiger partial charge on any atom is -0.497 e. The molecule has 0 aliphatic heterocycles. The monoisotopic (exact) mass is 508 g/mol. The first-order chi connectivity index (χ1) is 11.0. The number of methoxy groups -OCH3 is 1. The van der Waals surface area contributed by atoms with E-state index in [4.69, 9.17) is 13.9 Å². The molecule has 0 aliphatic rings. The number of nitrogens with zero attached hydrogens (tertiary/aromatic N) is 1. The van der Waals surface area contributed by atoms with Crippen LogP contribution in [0.15, 0.2) is 47.4 Å². The van der Waals surface area contributed by atoms with Crippen LogP contribution in [0.4, 0.5) is 0 Å². The topological polar surface area (TPSA) is 73.1 Å². The Morgan fingerprint density at radius 2 is 2.09 bits per heavy atom. The summed E-state index contributed by atoms with van der Waals surface area (Å²) in [5, 5.41) is 3.79. The molecule has 0 unspecified atom stereocenters. The number of nitrogens with one attached hydrogen (secondary N) is 1. The van der Waals surface area contributed by atoms with E-state index in [0.29, 0.717) is 26.4 Å². The van der Waals surface area contributed by atoms with Crippen LogP contribution >= 0.6 is 47.8 Å². The van der Waals surface area contributed by atoms with Gasteiger partial charge in [0.1, 0.15) is 17.3 Å². The summed E-state index contributed by atoms with van der Waals surface area (Å²) in [4.78, 5) is 11.7. The van der Waals surface area contributed by atoms with Gasteiger partial charge in [-0.05, 0) is 66.0 Å². The number of carbonyl (C=O) groups is 1. The highest BCUT2D eigenvalue weighted by Crippen LogP contribution is 2.29. The van der Waals surface area contributed by atoms with Crippen LogP contribution in [0.1, 0.15) is 5.76 Å². The number of benzene rings is 1. The summed E-state index contributed by atoms with van der Waals surface area (Å²) in [5.41, 5.74) is 2.35. The van der Waals surface area contributed by atoms with E-state index in [-0.39, 0.29) is 6.61 Å². The van der Waals surface area contributed by atoms with Crippen molar-refractivity contribution in [3.63, 3.8) is 0 Å². The van der Waals surface area contributed by atoms with Crippen LogP contribution in [0.3, 0.4) is 0 Å². The first kappa shape index (κ1) is 18.0. The van der Waals surface area contributed by atoms with Gasteiger partial charge in [0.2, 0.25) is 0 Å². The van der Waals surface area contributed by atoms with Gasteiger partial charge in [-0.3, -0.25) is 4.79 Å². The molecule has 0 fully saturated rings. The Kier molecular flexibility index (Phi) is 6.67. The van der Waals surface area contributed by atoms with Gasteiger partial charge in [-0.1, -0.05) is 0 Å². The zero-order valence-electron chi connectivity index (χ0n) is 11.8. The average Bonchev–Trinajstić information content (AvgIpc) is 2.84. The van der Waals surface area contributed by atoms with Crippen molar-refractivity contribution in [2.75, 3.05) is 13.7 Å². The van der Waals surface area contributed by atoms with Crippen LogP contribution in [0, 0.1) is 0 Å². The van der Waals surface area contributed by atoms with Crippen molar-refractivity contribution >= 4 is 59.9 Å². The minimum atomic E-state index is -0.395. The molecule has 2 rings (SSSR count). The molecule has 2 aromatic rings. The van der Waals surface area contributed by atoms with Crippen molar-refractivity contribution in [1.29, 1.82) is 0 Å². The predicted octanol–water partition coefficient (Wildman–Crippen LogP) is 4.10. The zero-order chi connectivity index (χ0) is 16.8. The van der Waals surface area contributed by atoms with Crippen LogP contribution in [-0.2, 0) is 4.79 Å². The van der Waals surface area contributed by atoms with E-state index in [2.05, 4.69) is 58.3 Å². The van der Waals surface area contributed by atoms with Gasteiger partial charge in [0.05, 0.1) is 22.3 Å². The van der Waals surface area contributed by atoms with Gasteiger partial charge in [0.25, 0.3) is 5.91 Å².